The average Bonchev–Trinajstić information content (AvgIpc) is 3.09. The van der Waals surface area contributed by atoms with E-state index in [0.29, 0.717) is 41.4 Å². The Kier molecular flexibility index (Phi) is 8.54. The largest absolute Gasteiger partial charge is 0.504 e. The Morgan fingerprint density at radius 3 is 2.59 bits per heavy atom. The number of phenolic OH excluding ortho intramolecular Hbond substituents is 1. The molecular weight excluding hydrogens is 592 g/mol. The summed E-state index contributed by atoms with van der Waals surface area (Å²) in [6.45, 7) is 4.32. The van der Waals surface area contributed by atoms with Gasteiger partial charge >= 0.3 is 13.1 Å². The van der Waals surface area contributed by atoms with Crippen molar-refractivity contribution in [2.24, 2.45) is 23.7 Å². The summed E-state index contributed by atoms with van der Waals surface area (Å²) in [5.41, 5.74) is 2.41. The fraction of sp³-hybridized carbons (Fsp3) is 0.577. The van der Waals surface area contributed by atoms with Crippen molar-refractivity contribution >= 4 is 47.5 Å². The van der Waals surface area contributed by atoms with Crippen LogP contribution < -0.4 is 4.74 Å². The van der Waals surface area contributed by atoms with Crippen molar-refractivity contribution < 1.29 is 39.0 Å². The first-order valence-corrected chi connectivity index (χ1v) is 13.8. The van der Waals surface area contributed by atoms with E-state index in [1.54, 1.807) is 12.1 Å². The molecule has 3 aliphatic rings. The summed E-state index contributed by atoms with van der Waals surface area (Å²) in [6, 6.07) is 3.46. The molecule has 0 unspecified atom stereocenters. The molecule has 2 fully saturated rings. The molecule has 37 heavy (non-hydrogen) atoms. The Hall–Kier alpha value is -2.12. The standard InChI is InChI=1S/C26H33BINO8/c1-13(2)15-11-17-22(26(34)29(25(17)33)8-6-4-5-7-21(30)31)16-12-19(37-27(35)23(15)16)14-9-18(28)24(32)20(10-14)36-3/h9-10,13,16-17,19,22,32,35H,4-8,11-12H2,1-3H3,(H,30,31)/t16-,17-,19-,22+/m0/s1. The number of nitrogens with zero attached hydrogens (tertiary/aromatic N) is 1. The van der Waals surface area contributed by atoms with Gasteiger partial charge in [0.05, 0.1) is 28.6 Å². The normalized spacial score (nSPS) is 25.6. The van der Waals surface area contributed by atoms with Crippen LogP contribution in [0, 0.1) is 27.2 Å². The number of hydrogen-bond donors (Lipinski definition) is 3. The zero-order chi connectivity index (χ0) is 27.0. The number of amides is 2. The Balaban J connectivity index is 1.62. The predicted octanol–water partition coefficient (Wildman–Crippen LogP) is 3.71. The van der Waals surface area contributed by atoms with Crippen molar-refractivity contribution in [3.63, 3.8) is 0 Å². The van der Waals surface area contributed by atoms with E-state index in [2.05, 4.69) is 0 Å². The van der Waals surface area contributed by atoms with Crippen molar-refractivity contribution in [2.45, 2.75) is 58.5 Å². The van der Waals surface area contributed by atoms with Crippen LogP contribution in [0.5, 0.6) is 11.5 Å². The molecule has 9 nitrogen and oxygen atoms in total. The molecule has 0 bridgehead atoms. The van der Waals surface area contributed by atoms with Crippen molar-refractivity contribution in [3.05, 3.63) is 32.3 Å². The molecule has 0 radical (unpaired) electrons. The lowest BCUT2D eigenvalue weighted by Gasteiger charge is -2.43. The van der Waals surface area contributed by atoms with Crippen molar-refractivity contribution in [1.29, 1.82) is 0 Å². The highest BCUT2D eigenvalue weighted by atomic mass is 127. The molecule has 1 aromatic carbocycles. The van der Waals surface area contributed by atoms with Crippen LogP contribution in [-0.4, -0.2) is 58.7 Å². The van der Waals surface area contributed by atoms with Gasteiger partial charge in [-0.05, 0) is 83.3 Å². The number of imide groups is 1. The van der Waals surface area contributed by atoms with Crippen molar-refractivity contribution in [1.82, 2.24) is 4.90 Å². The number of carbonyl (C=O) groups is 3. The summed E-state index contributed by atoms with van der Waals surface area (Å²) in [4.78, 5) is 39.1. The molecule has 0 saturated carbocycles. The van der Waals surface area contributed by atoms with Gasteiger partial charge in [0.1, 0.15) is 0 Å². The number of aliphatic carboxylic acids is 1. The first-order valence-electron chi connectivity index (χ1n) is 12.7. The number of halogens is 1. The Bertz CT molecular complexity index is 1120. The van der Waals surface area contributed by atoms with Crippen LogP contribution in [0.25, 0.3) is 0 Å². The number of fused-ring (bicyclic) bond motifs is 3. The van der Waals surface area contributed by atoms with Crippen LogP contribution in [0.4, 0.5) is 0 Å². The van der Waals surface area contributed by atoms with Crippen LogP contribution in [0.15, 0.2) is 23.2 Å². The highest BCUT2D eigenvalue weighted by Crippen LogP contribution is 2.53. The molecule has 3 N–H and O–H groups in total. The van der Waals surface area contributed by atoms with E-state index >= 15 is 0 Å². The van der Waals surface area contributed by atoms with Gasteiger partial charge < -0.3 is 24.6 Å². The number of aromatic hydroxyl groups is 1. The minimum Gasteiger partial charge on any atom is -0.504 e. The lowest BCUT2D eigenvalue weighted by atomic mass is 9.54. The smallest absolute Gasteiger partial charge is 0.487 e. The van der Waals surface area contributed by atoms with Gasteiger partial charge in [-0.1, -0.05) is 25.8 Å². The topological polar surface area (TPSA) is 134 Å². The average molecular weight is 625 g/mol. The number of benzene rings is 1. The number of rotatable bonds is 9. The van der Waals surface area contributed by atoms with E-state index in [0.717, 1.165) is 16.6 Å². The molecule has 2 heterocycles. The molecule has 4 atom stereocenters. The number of carbonyl (C=O) groups excluding carboxylic acids is 2. The minimum absolute atomic E-state index is 0.0270. The van der Waals surface area contributed by atoms with Gasteiger partial charge in [0, 0.05) is 13.0 Å². The molecule has 0 aromatic heterocycles. The third-order valence-electron chi connectivity index (χ3n) is 7.85. The third-order valence-corrected chi connectivity index (χ3v) is 8.67. The number of methoxy groups -OCH3 is 1. The van der Waals surface area contributed by atoms with E-state index in [-0.39, 0.29) is 42.4 Å². The van der Waals surface area contributed by atoms with Crippen LogP contribution in [0.3, 0.4) is 0 Å². The first kappa shape index (κ1) is 27.9. The number of likely N-dealkylation sites (tertiary alicyclic amines) is 1. The second-order valence-corrected chi connectivity index (χ2v) is 11.5. The van der Waals surface area contributed by atoms with E-state index in [1.807, 2.05) is 36.4 Å². The van der Waals surface area contributed by atoms with Gasteiger partial charge in [0.25, 0.3) is 0 Å². The Morgan fingerprint density at radius 1 is 1.22 bits per heavy atom. The summed E-state index contributed by atoms with van der Waals surface area (Å²) in [5, 5.41) is 30.3. The molecule has 0 spiro atoms. The molecule has 2 amide bonds. The van der Waals surface area contributed by atoms with Gasteiger partial charge in [-0.2, -0.15) is 0 Å². The maximum Gasteiger partial charge on any atom is 0.487 e. The number of hydrogen-bond acceptors (Lipinski definition) is 7. The highest BCUT2D eigenvalue weighted by Gasteiger charge is 2.57. The van der Waals surface area contributed by atoms with Gasteiger partial charge in [-0.3, -0.25) is 19.3 Å². The summed E-state index contributed by atoms with van der Waals surface area (Å²) in [6.07, 6.45) is 2.05. The molecule has 2 aliphatic heterocycles. The van der Waals surface area contributed by atoms with Gasteiger partial charge in [-0.25, -0.2) is 0 Å². The SMILES string of the molecule is COc1cc([C@@H]2C[C@@H]3C(=C(C(C)C)C[C@@H]4C(=O)N(CCCCCC(=O)O)C(=O)[C@@H]43)B(O)O2)cc(I)c1O. The second-order valence-electron chi connectivity index (χ2n) is 10.4. The lowest BCUT2D eigenvalue weighted by Crippen LogP contribution is -2.45. The highest BCUT2D eigenvalue weighted by molar-refractivity contribution is 14.1. The van der Waals surface area contributed by atoms with E-state index in [1.165, 1.54) is 12.0 Å². The van der Waals surface area contributed by atoms with E-state index in [4.69, 9.17) is 14.5 Å². The van der Waals surface area contributed by atoms with Gasteiger partial charge in [-0.15, -0.1) is 0 Å². The number of phenols is 1. The van der Waals surface area contributed by atoms with Gasteiger partial charge in [0.2, 0.25) is 11.8 Å². The number of carboxylic acids is 1. The lowest BCUT2D eigenvalue weighted by molar-refractivity contribution is -0.141. The van der Waals surface area contributed by atoms with Crippen molar-refractivity contribution in [2.75, 3.05) is 13.7 Å². The molecule has 1 aromatic rings. The van der Waals surface area contributed by atoms with Crippen LogP contribution >= 0.6 is 22.6 Å². The monoisotopic (exact) mass is 625 g/mol. The van der Waals surface area contributed by atoms with E-state index < -0.39 is 31.0 Å². The molecule has 2 saturated heterocycles. The number of ether oxygens (including phenoxy) is 1. The third kappa shape index (κ3) is 5.40. The van der Waals surface area contributed by atoms with E-state index in [9.17, 15) is 24.5 Å². The summed E-state index contributed by atoms with van der Waals surface area (Å²) in [7, 11) is 0.263. The first-order chi connectivity index (χ1) is 17.5. The quantitative estimate of drug-likeness (QED) is 0.164. The summed E-state index contributed by atoms with van der Waals surface area (Å²) in [5.74, 6) is -2.24. The summed E-state index contributed by atoms with van der Waals surface area (Å²) < 4.78 is 11.9. The zero-order valence-corrected chi connectivity index (χ0v) is 23.4. The maximum absolute atomic E-state index is 13.6. The zero-order valence-electron chi connectivity index (χ0n) is 21.3. The second kappa shape index (κ2) is 11.3. The predicted molar refractivity (Wildman–Crippen MR) is 144 cm³/mol. The molecule has 200 valence electrons. The van der Waals surface area contributed by atoms with Gasteiger partial charge in [0.15, 0.2) is 11.5 Å². The Labute approximate surface area is 230 Å². The maximum atomic E-state index is 13.6. The number of unbranched alkanes of at least 4 members (excludes halogenated alkanes) is 2. The van der Waals surface area contributed by atoms with Crippen LogP contribution in [0.1, 0.15) is 64.0 Å². The Morgan fingerprint density at radius 2 is 1.95 bits per heavy atom. The molecule has 11 heteroatoms. The molecule has 1 aliphatic carbocycles. The van der Waals surface area contributed by atoms with Crippen LogP contribution in [-0.2, 0) is 19.0 Å². The fourth-order valence-corrected chi connectivity index (χ4v) is 6.69. The number of carboxylic acid groups (broad SMARTS) is 1. The van der Waals surface area contributed by atoms with Crippen LogP contribution in [0.2, 0.25) is 0 Å². The molecule has 4 rings (SSSR count). The minimum atomic E-state index is -1.20. The number of allylic oxidation sites excluding steroid dienone is 2. The molecular formula is C26H33BINO8. The summed E-state index contributed by atoms with van der Waals surface area (Å²) >= 11 is 2.01. The fourth-order valence-electron chi connectivity index (χ4n) is 6.06. The van der Waals surface area contributed by atoms with Crippen molar-refractivity contribution in [3.8, 4) is 11.5 Å².